The minimum Gasteiger partial charge on any atom is -0.454 e. The van der Waals surface area contributed by atoms with Gasteiger partial charge < -0.3 is 9.47 Å². The molecule has 0 bridgehead atoms. The van der Waals surface area contributed by atoms with E-state index in [9.17, 15) is 8.42 Å². The fourth-order valence-corrected chi connectivity index (χ4v) is 5.43. The van der Waals surface area contributed by atoms with Crippen molar-refractivity contribution in [2.45, 2.75) is 37.5 Å². The van der Waals surface area contributed by atoms with Gasteiger partial charge in [0, 0.05) is 20.1 Å². The molecular formula is C18H23N3O4S. The third-order valence-electron chi connectivity index (χ3n) is 5.46. The number of sulfonamides is 1. The summed E-state index contributed by atoms with van der Waals surface area (Å²) in [7, 11) is -1.74. The van der Waals surface area contributed by atoms with Crippen LogP contribution < -0.4 is 9.47 Å². The highest BCUT2D eigenvalue weighted by Crippen LogP contribution is 2.40. The van der Waals surface area contributed by atoms with E-state index in [-0.39, 0.29) is 6.79 Å². The van der Waals surface area contributed by atoms with Gasteiger partial charge in [-0.15, -0.1) is 0 Å². The van der Waals surface area contributed by atoms with Crippen LogP contribution in [0.5, 0.6) is 11.5 Å². The van der Waals surface area contributed by atoms with Crippen LogP contribution in [0.1, 0.15) is 35.6 Å². The Morgan fingerprint density at radius 3 is 2.38 bits per heavy atom. The van der Waals surface area contributed by atoms with E-state index in [1.54, 1.807) is 23.0 Å². The molecule has 0 spiro atoms. The lowest BCUT2D eigenvalue weighted by atomic mass is 9.87. The summed E-state index contributed by atoms with van der Waals surface area (Å²) in [5, 5.41) is 4.07. The van der Waals surface area contributed by atoms with E-state index in [2.05, 4.69) is 18.1 Å². The minimum atomic E-state index is -3.49. The van der Waals surface area contributed by atoms with Crippen molar-refractivity contribution >= 4 is 10.0 Å². The predicted molar refractivity (Wildman–Crippen MR) is 96.0 cm³/mol. The summed E-state index contributed by atoms with van der Waals surface area (Å²) in [6.45, 7) is 5.13. The molecule has 0 aliphatic carbocycles. The van der Waals surface area contributed by atoms with E-state index >= 15 is 0 Å². The number of rotatable bonds is 3. The second-order valence-corrected chi connectivity index (χ2v) is 8.86. The molecule has 0 amide bonds. The highest BCUT2D eigenvalue weighted by molar-refractivity contribution is 7.89. The largest absolute Gasteiger partial charge is 0.454 e. The van der Waals surface area contributed by atoms with Crippen LogP contribution in [0, 0.1) is 13.8 Å². The second kappa shape index (κ2) is 6.28. The van der Waals surface area contributed by atoms with Crippen LogP contribution in [0.2, 0.25) is 0 Å². The fraction of sp³-hybridized carbons (Fsp3) is 0.500. The molecule has 7 nitrogen and oxygen atoms in total. The van der Waals surface area contributed by atoms with Gasteiger partial charge in [-0.1, -0.05) is 0 Å². The van der Waals surface area contributed by atoms with Crippen LogP contribution in [0.4, 0.5) is 0 Å². The third-order valence-corrected chi connectivity index (χ3v) is 7.46. The Bertz CT molecular complexity index is 944. The van der Waals surface area contributed by atoms with E-state index in [4.69, 9.17) is 9.47 Å². The van der Waals surface area contributed by atoms with Crippen molar-refractivity contribution in [3.05, 3.63) is 35.2 Å². The zero-order chi connectivity index (χ0) is 18.5. The SMILES string of the molecule is Cc1cc2c(cc1C1CCN(S(=O)(=O)c3cnn(C)c3C)CC1)OCO2. The summed E-state index contributed by atoms with van der Waals surface area (Å²) in [5.41, 5.74) is 3.06. The monoisotopic (exact) mass is 377 g/mol. The predicted octanol–water partition coefficient (Wildman–Crippen LogP) is 2.33. The Hall–Kier alpha value is -2.06. The Labute approximate surface area is 153 Å². The molecule has 2 aliphatic heterocycles. The van der Waals surface area contributed by atoms with E-state index in [1.165, 1.54) is 17.3 Å². The molecule has 0 N–H and O–H groups in total. The van der Waals surface area contributed by atoms with Gasteiger partial charge in [-0.05, 0) is 55.9 Å². The van der Waals surface area contributed by atoms with Crippen molar-refractivity contribution in [2.75, 3.05) is 19.9 Å². The van der Waals surface area contributed by atoms with Gasteiger partial charge in [0.25, 0.3) is 0 Å². The molecule has 1 aromatic carbocycles. The molecule has 140 valence electrons. The maximum absolute atomic E-state index is 12.9. The van der Waals surface area contributed by atoms with Gasteiger partial charge in [-0.2, -0.15) is 9.40 Å². The fourth-order valence-electron chi connectivity index (χ4n) is 3.78. The van der Waals surface area contributed by atoms with E-state index < -0.39 is 10.0 Å². The molecule has 2 aliphatic rings. The van der Waals surface area contributed by atoms with Gasteiger partial charge in [-0.25, -0.2) is 8.42 Å². The molecule has 8 heteroatoms. The molecule has 0 unspecified atom stereocenters. The van der Waals surface area contributed by atoms with Crippen LogP contribution in [0.15, 0.2) is 23.2 Å². The number of hydrogen-bond donors (Lipinski definition) is 0. The van der Waals surface area contributed by atoms with E-state index in [0.29, 0.717) is 29.6 Å². The first-order valence-corrected chi connectivity index (χ1v) is 10.2. The standard InChI is InChI=1S/C18H23N3O4S/c1-12-8-16-17(25-11-24-16)9-15(12)14-4-6-21(7-5-14)26(22,23)18-10-19-20(3)13(18)2/h8-10,14H,4-7,11H2,1-3H3. The van der Waals surface area contributed by atoms with Crippen LogP contribution in [0.3, 0.4) is 0 Å². The zero-order valence-corrected chi connectivity index (χ0v) is 16.0. The molecule has 0 atom stereocenters. The summed E-state index contributed by atoms with van der Waals surface area (Å²) in [6, 6.07) is 4.07. The van der Waals surface area contributed by atoms with E-state index in [0.717, 1.165) is 24.3 Å². The first-order chi connectivity index (χ1) is 12.4. The van der Waals surface area contributed by atoms with Crippen molar-refractivity contribution in [1.82, 2.24) is 14.1 Å². The number of ether oxygens (including phenoxy) is 2. The maximum atomic E-state index is 12.9. The topological polar surface area (TPSA) is 73.7 Å². The van der Waals surface area contributed by atoms with Crippen LogP contribution in [-0.4, -0.2) is 42.4 Å². The number of aromatic nitrogens is 2. The van der Waals surface area contributed by atoms with Gasteiger partial charge in [0.1, 0.15) is 4.90 Å². The molecule has 3 heterocycles. The number of nitrogens with zero attached hydrogens (tertiary/aromatic N) is 3. The molecule has 1 fully saturated rings. The van der Waals surface area contributed by atoms with Crippen LogP contribution in [-0.2, 0) is 17.1 Å². The molecule has 4 rings (SSSR count). The van der Waals surface area contributed by atoms with Crippen molar-refractivity contribution < 1.29 is 17.9 Å². The average molecular weight is 377 g/mol. The molecule has 2 aromatic rings. The third kappa shape index (κ3) is 2.77. The van der Waals surface area contributed by atoms with Crippen LogP contribution in [0.25, 0.3) is 0 Å². The zero-order valence-electron chi connectivity index (χ0n) is 15.2. The van der Waals surface area contributed by atoms with Gasteiger partial charge in [0.05, 0.1) is 11.9 Å². The van der Waals surface area contributed by atoms with Crippen molar-refractivity contribution in [3.63, 3.8) is 0 Å². The molecule has 26 heavy (non-hydrogen) atoms. The number of hydrogen-bond acceptors (Lipinski definition) is 5. The maximum Gasteiger partial charge on any atom is 0.246 e. The highest BCUT2D eigenvalue weighted by Gasteiger charge is 2.33. The average Bonchev–Trinajstić information content (AvgIpc) is 3.21. The molecular weight excluding hydrogens is 354 g/mol. The lowest BCUT2D eigenvalue weighted by Crippen LogP contribution is -2.38. The summed E-state index contributed by atoms with van der Waals surface area (Å²) in [5.74, 6) is 1.90. The lowest BCUT2D eigenvalue weighted by molar-refractivity contribution is 0.174. The van der Waals surface area contributed by atoms with Crippen molar-refractivity contribution in [1.29, 1.82) is 0 Å². The van der Waals surface area contributed by atoms with Gasteiger partial charge in [0.15, 0.2) is 11.5 Å². The van der Waals surface area contributed by atoms with E-state index in [1.807, 2.05) is 6.07 Å². The Kier molecular flexibility index (Phi) is 4.19. The van der Waals surface area contributed by atoms with Gasteiger partial charge in [0.2, 0.25) is 16.8 Å². The second-order valence-electron chi connectivity index (χ2n) is 6.96. The minimum absolute atomic E-state index is 0.263. The number of aryl methyl sites for hydroxylation is 2. The summed E-state index contributed by atoms with van der Waals surface area (Å²) in [6.07, 6.45) is 3.02. The first kappa shape index (κ1) is 17.4. The first-order valence-electron chi connectivity index (χ1n) is 8.77. The van der Waals surface area contributed by atoms with Gasteiger partial charge >= 0.3 is 0 Å². The molecule has 0 radical (unpaired) electrons. The number of piperidine rings is 1. The quantitative estimate of drug-likeness (QED) is 0.821. The van der Waals surface area contributed by atoms with Gasteiger partial charge in [-0.3, -0.25) is 4.68 Å². The molecule has 1 saturated heterocycles. The smallest absolute Gasteiger partial charge is 0.246 e. The summed E-state index contributed by atoms with van der Waals surface area (Å²) < 4.78 is 39.9. The summed E-state index contributed by atoms with van der Waals surface area (Å²) >= 11 is 0. The Morgan fingerprint density at radius 2 is 1.77 bits per heavy atom. The van der Waals surface area contributed by atoms with Crippen LogP contribution >= 0.6 is 0 Å². The molecule has 1 aromatic heterocycles. The highest BCUT2D eigenvalue weighted by atomic mass is 32.2. The number of fused-ring (bicyclic) bond motifs is 1. The van der Waals surface area contributed by atoms with Crippen molar-refractivity contribution in [2.24, 2.45) is 7.05 Å². The number of benzene rings is 1. The molecule has 0 saturated carbocycles. The normalized spacial score (nSPS) is 18.4. The Morgan fingerprint density at radius 1 is 1.12 bits per heavy atom. The Balaban J connectivity index is 1.52. The van der Waals surface area contributed by atoms with Crippen molar-refractivity contribution in [3.8, 4) is 11.5 Å². The lowest BCUT2D eigenvalue weighted by Gasteiger charge is -2.32. The summed E-state index contributed by atoms with van der Waals surface area (Å²) in [4.78, 5) is 0.303.